The van der Waals surface area contributed by atoms with Crippen LogP contribution in [0.1, 0.15) is 38.7 Å². The summed E-state index contributed by atoms with van der Waals surface area (Å²) in [7, 11) is -3.51. The zero-order chi connectivity index (χ0) is 20.6. The van der Waals surface area contributed by atoms with Crippen molar-refractivity contribution in [3.8, 4) is 23.1 Å². The van der Waals surface area contributed by atoms with Gasteiger partial charge in [-0.15, -0.1) is 0 Å². The lowest BCUT2D eigenvalue weighted by atomic mass is 9.88. The fraction of sp³-hybridized carbons (Fsp3) is 0.429. The van der Waals surface area contributed by atoms with Crippen molar-refractivity contribution < 1.29 is 13.2 Å². The molecule has 0 radical (unpaired) electrons. The van der Waals surface area contributed by atoms with E-state index in [2.05, 4.69) is 11.1 Å². The summed E-state index contributed by atoms with van der Waals surface area (Å²) in [5.41, 5.74) is 2.24. The van der Waals surface area contributed by atoms with E-state index in [1.807, 2.05) is 44.2 Å². The Balaban J connectivity index is 2.02. The van der Waals surface area contributed by atoms with Gasteiger partial charge in [-0.1, -0.05) is 20.3 Å². The summed E-state index contributed by atoms with van der Waals surface area (Å²) in [5.74, 6) is 0.832. The number of hydrogen-bond acceptors (Lipinski definition) is 5. The molecule has 6 nitrogen and oxygen atoms in total. The average molecular weight is 402 g/mol. The van der Waals surface area contributed by atoms with E-state index in [-0.39, 0.29) is 17.6 Å². The Morgan fingerprint density at radius 2 is 1.86 bits per heavy atom. The van der Waals surface area contributed by atoms with Gasteiger partial charge in [-0.2, -0.15) is 5.26 Å². The van der Waals surface area contributed by atoms with Gasteiger partial charge in [0.25, 0.3) is 0 Å². The number of primary sulfonamides is 1. The van der Waals surface area contributed by atoms with Crippen molar-refractivity contribution in [3.63, 3.8) is 0 Å². The fourth-order valence-electron chi connectivity index (χ4n) is 3.27. The fourth-order valence-corrected chi connectivity index (χ4v) is 4.30. The highest BCUT2D eigenvalue weighted by Crippen LogP contribution is 2.25. The summed E-state index contributed by atoms with van der Waals surface area (Å²) in [5, 5.41) is 14.1. The minimum atomic E-state index is -3.51. The smallest absolute Gasteiger partial charge is 0.209 e. The average Bonchev–Trinajstić information content (AvgIpc) is 2.68. The number of sulfonamides is 1. The van der Waals surface area contributed by atoms with Gasteiger partial charge < -0.3 is 4.74 Å². The predicted octanol–water partition coefficient (Wildman–Crippen LogP) is 3.73. The van der Waals surface area contributed by atoms with E-state index in [4.69, 9.17) is 15.1 Å². The molecule has 1 heterocycles. The molecule has 2 aromatic rings. The maximum absolute atomic E-state index is 11.5. The first-order valence-corrected chi connectivity index (χ1v) is 11.2. The molecule has 2 rings (SSSR count). The Morgan fingerprint density at radius 3 is 2.36 bits per heavy atom. The zero-order valence-electron chi connectivity index (χ0n) is 16.3. The minimum Gasteiger partial charge on any atom is -0.493 e. The van der Waals surface area contributed by atoms with Crippen LogP contribution in [0.15, 0.2) is 42.6 Å². The van der Waals surface area contributed by atoms with Gasteiger partial charge in [0, 0.05) is 11.8 Å². The highest BCUT2D eigenvalue weighted by atomic mass is 32.2. The van der Waals surface area contributed by atoms with Gasteiger partial charge in [-0.3, -0.25) is 4.98 Å². The van der Waals surface area contributed by atoms with E-state index in [1.54, 1.807) is 12.3 Å². The van der Waals surface area contributed by atoms with Crippen LogP contribution < -0.4 is 9.88 Å². The van der Waals surface area contributed by atoms with Crippen LogP contribution in [0.5, 0.6) is 5.75 Å². The molecule has 0 spiro atoms. The quantitative estimate of drug-likeness (QED) is 0.653. The van der Waals surface area contributed by atoms with Crippen molar-refractivity contribution in [2.24, 2.45) is 17.0 Å². The molecule has 150 valence electrons. The molecule has 0 aliphatic rings. The monoisotopic (exact) mass is 401 g/mol. The van der Waals surface area contributed by atoms with Crippen molar-refractivity contribution in [2.75, 3.05) is 12.4 Å². The van der Waals surface area contributed by atoms with Gasteiger partial charge in [-0.05, 0) is 61.1 Å². The van der Waals surface area contributed by atoms with Crippen LogP contribution >= 0.6 is 0 Å². The van der Waals surface area contributed by atoms with Gasteiger partial charge in [0.1, 0.15) is 11.8 Å². The Hall–Kier alpha value is -2.43. The second kappa shape index (κ2) is 10.2. The Labute approximate surface area is 167 Å². The Kier molecular flexibility index (Phi) is 7.97. The van der Waals surface area contributed by atoms with Crippen LogP contribution in [0.3, 0.4) is 0 Å². The van der Waals surface area contributed by atoms with Crippen LogP contribution in [-0.4, -0.2) is 25.8 Å². The second-order valence-corrected chi connectivity index (χ2v) is 8.58. The lowest BCUT2D eigenvalue weighted by Gasteiger charge is -2.25. The molecule has 0 saturated heterocycles. The van der Waals surface area contributed by atoms with Gasteiger partial charge >= 0.3 is 0 Å². The topological polar surface area (TPSA) is 106 Å². The van der Waals surface area contributed by atoms with Crippen molar-refractivity contribution in [3.05, 3.63) is 48.2 Å². The first-order chi connectivity index (χ1) is 13.4. The number of nitrogens with zero attached hydrogens (tertiary/aromatic N) is 2. The van der Waals surface area contributed by atoms with E-state index in [0.29, 0.717) is 12.2 Å². The summed E-state index contributed by atoms with van der Waals surface area (Å²) in [6.07, 6.45) is 4.09. The summed E-state index contributed by atoms with van der Waals surface area (Å²) < 4.78 is 29.0. The highest BCUT2D eigenvalue weighted by molar-refractivity contribution is 7.89. The molecule has 1 aromatic carbocycles. The number of aromatic nitrogens is 1. The standard InChI is InChI=1S/C21H27N3O3S/c1-3-5-19(15-28(23,25)26)17(4-2)14-27-20-9-7-18(8-10-20)21-11-6-16(12-22)13-24-21/h6-11,13,17,19H,3-5,14-15H2,1-2H3,(H2,23,25,26). The number of nitriles is 1. The summed E-state index contributed by atoms with van der Waals surface area (Å²) in [6, 6.07) is 13.2. The predicted molar refractivity (Wildman–Crippen MR) is 110 cm³/mol. The largest absolute Gasteiger partial charge is 0.493 e. The molecule has 2 N–H and O–H groups in total. The van der Waals surface area contributed by atoms with Crippen LogP contribution in [0.2, 0.25) is 0 Å². The van der Waals surface area contributed by atoms with Crippen molar-refractivity contribution in [1.82, 2.24) is 4.98 Å². The highest BCUT2D eigenvalue weighted by Gasteiger charge is 2.24. The summed E-state index contributed by atoms with van der Waals surface area (Å²) >= 11 is 0. The van der Waals surface area contributed by atoms with Crippen LogP contribution in [0.25, 0.3) is 11.3 Å². The number of nitrogens with two attached hydrogens (primary N) is 1. The van der Waals surface area contributed by atoms with Crippen molar-refractivity contribution in [2.45, 2.75) is 33.1 Å². The lowest BCUT2D eigenvalue weighted by molar-refractivity contribution is 0.191. The van der Waals surface area contributed by atoms with Crippen molar-refractivity contribution >= 4 is 10.0 Å². The molecule has 0 bridgehead atoms. The maximum atomic E-state index is 11.5. The number of pyridine rings is 1. The first-order valence-electron chi connectivity index (χ1n) is 9.46. The van der Waals surface area contributed by atoms with Crippen molar-refractivity contribution in [1.29, 1.82) is 5.26 Å². The molecule has 1 aromatic heterocycles. The van der Waals surface area contributed by atoms with Gasteiger partial charge in [0.15, 0.2) is 0 Å². The van der Waals surface area contributed by atoms with E-state index >= 15 is 0 Å². The van der Waals surface area contributed by atoms with Crippen LogP contribution in [0.4, 0.5) is 0 Å². The van der Waals surface area contributed by atoms with Gasteiger partial charge in [-0.25, -0.2) is 13.6 Å². The SMILES string of the molecule is CCCC(CS(N)(=O)=O)C(CC)COc1ccc(-c2ccc(C#N)cn2)cc1. The molecule has 0 amide bonds. The molecule has 0 aliphatic heterocycles. The number of rotatable bonds is 10. The number of hydrogen-bond donors (Lipinski definition) is 1. The number of ether oxygens (including phenoxy) is 1. The molecular formula is C21H27N3O3S. The normalized spacial score (nSPS) is 13.5. The zero-order valence-corrected chi connectivity index (χ0v) is 17.2. The molecule has 0 aliphatic carbocycles. The van der Waals surface area contributed by atoms with Crippen LogP contribution in [0, 0.1) is 23.2 Å². The third-order valence-electron chi connectivity index (χ3n) is 4.80. The molecule has 2 unspecified atom stereocenters. The third-order valence-corrected chi connectivity index (χ3v) is 5.70. The second-order valence-electron chi connectivity index (χ2n) is 6.93. The van der Waals surface area contributed by atoms with E-state index in [1.165, 1.54) is 0 Å². The molecular weight excluding hydrogens is 374 g/mol. The summed E-state index contributed by atoms with van der Waals surface area (Å²) in [4.78, 5) is 4.28. The number of benzene rings is 1. The Bertz CT molecular complexity index is 888. The van der Waals surface area contributed by atoms with E-state index in [0.717, 1.165) is 36.3 Å². The molecule has 0 saturated carbocycles. The van der Waals surface area contributed by atoms with Gasteiger partial charge in [0.2, 0.25) is 10.0 Å². The lowest BCUT2D eigenvalue weighted by Crippen LogP contribution is -2.30. The summed E-state index contributed by atoms with van der Waals surface area (Å²) in [6.45, 7) is 4.53. The van der Waals surface area contributed by atoms with Gasteiger partial charge in [0.05, 0.1) is 23.6 Å². The first kappa shape index (κ1) is 21.9. The van der Waals surface area contributed by atoms with E-state index in [9.17, 15) is 8.42 Å². The van der Waals surface area contributed by atoms with E-state index < -0.39 is 10.0 Å². The third kappa shape index (κ3) is 6.63. The molecule has 7 heteroatoms. The molecule has 28 heavy (non-hydrogen) atoms. The van der Waals surface area contributed by atoms with Crippen LogP contribution in [-0.2, 0) is 10.0 Å². The Morgan fingerprint density at radius 1 is 1.14 bits per heavy atom. The molecule has 0 fully saturated rings. The minimum absolute atomic E-state index is 0.00729. The molecule has 2 atom stereocenters. The maximum Gasteiger partial charge on any atom is 0.209 e.